The summed E-state index contributed by atoms with van der Waals surface area (Å²) in [4.78, 5) is 52.0. The molecule has 2 aliphatic heterocycles. The van der Waals surface area contributed by atoms with E-state index in [-0.39, 0.29) is 5.71 Å². The second-order valence-corrected chi connectivity index (χ2v) is 7.11. The minimum absolute atomic E-state index is 0.238. The topological polar surface area (TPSA) is 96.3 Å². The lowest BCUT2D eigenvalue weighted by Crippen LogP contribution is -2.52. The molecule has 0 spiro atoms. The fourth-order valence-corrected chi connectivity index (χ4v) is 4.08. The Morgan fingerprint density at radius 1 is 1.15 bits per heavy atom. The van der Waals surface area contributed by atoms with Crippen LogP contribution in [0, 0.1) is 26.7 Å². The van der Waals surface area contributed by atoms with E-state index in [4.69, 9.17) is 4.74 Å². The van der Waals surface area contributed by atoms with E-state index in [2.05, 4.69) is 5.10 Å². The van der Waals surface area contributed by atoms with Gasteiger partial charge in [0.15, 0.2) is 11.3 Å². The summed E-state index contributed by atoms with van der Waals surface area (Å²) in [6.45, 7) is 8.23. The quantitative estimate of drug-likeness (QED) is 0.576. The molecule has 0 radical (unpaired) electrons. The van der Waals surface area contributed by atoms with Gasteiger partial charge in [-0.05, 0) is 38.8 Å². The number of carbonyl (C=O) groups is 4. The average Bonchev–Trinajstić information content (AvgIpc) is 2.99. The summed E-state index contributed by atoms with van der Waals surface area (Å²) in [6.07, 6.45) is 0. The van der Waals surface area contributed by atoms with Crippen molar-refractivity contribution < 1.29 is 23.9 Å². The molecule has 1 aromatic carbocycles. The molecule has 2 atom stereocenters. The van der Waals surface area contributed by atoms with E-state index in [0.29, 0.717) is 5.69 Å². The Balaban J connectivity index is 2.21. The third-order valence-corrected chi connectivity index (χ3v) is 5.14. The number of methoxy groups -OCH3 is 1. The van der Waals surface area contributed by atoms with Gasteiger partial charge in [0, 0.05) is 6.92 Å². The lowest BCUT2D eigenvalue weighted by atomic mass is 9.85. The van der Waals surface area contributed by atoms with E-state index >= 15 is 0 Å². The van der Waals surface area contributed by atoms with Crippen molar-refractivity contribution in [3.05, 3.63) is 28.8 Å². The summed E-state index contributed by atoms with van der Waals surface area (Å²) >= 11 is 0. The molecule has 2 aliphatic rings. The third kappa shape index (κ3) is 2.39. The maximum absolute atomic E-state index is 13.4. The van der Waals surface area contributed by atoms with Gasteiger partial charge in [0.2, 0.25) is 11.8 Å². The van der Waals surface area contributed by atoms with Gasteiger partial charge in [0.1, 0.15) is 5.92 Å². The van der Waals surface area contributed by atoms with Crippen LogP contribution in [0.3, 0.4) is 0 Å². The summed E-state index contributed by atoms with van der Waals surface area (Å²) < 4.78 is 4.71. The number of imide groups is 1. The van der Waals surface area contributed by atoms with Gasteiger partial charge in [-0.2, -0.15) is 5.10 Å². The van der Waals surface area contributed by atoms with Crippen molar-refractivity contribution in [3.8, 4) is 0 Å². The average molecular weight is 371 g/mol. The van der Waals surface area contributed by atoms with Crippen LogP contribution in [0.5, 0.6) is 0 Å². The van der Waals surface area contributed by atoms with E-state index in [1.807, 2.05) is 32.9 Å². The van der Waals surface area contributed by atoms with Crippen LogP contribution >= 0.6 is 0 Å². The number of ether oxygens (including phenoxy) is 1. The van der Waals surface area contributed by atoms with Crippen LogP contribution in [0.1, 0.15) is 30.5 Å². The van der Waals surface area contributed by atoms with Crippen LogP contribution in [-0.2, 0) is 23.9 Å². The Morgan fingerprint density at radius 2 is 1.70 bits per heavy atom. The Morgan fingerprint density at radius 3 is 2.19 bits per heavy atom. The largest absolute Gasteiger partial charge is 0.464 e. The predicted octanol–water partition coefficient (Wildman–Crippen LogP) is 1.25. The van der Waals surface area contributed by atoms with Crippen LogP contribution in [0.2, 0.25) is 0 Å². The molecule has 0 N–H and O–H groups in total. The van der Waals surface area contributed by atoms with Gasteiger partial charge in [0.25, 0.3) is 5.91 Å². The van der Waals surface area contributed by atoms with Crippen molar-refractivity contribution in [2.24, 2.45) is 11.0 Å². The lowest BCUT2D eigenvalue weighted by Gasteiger charge is -2.29. The molecule has 3 amide bonds. The Kier molecular flexibility index (Phi) is 4.17. The first-order valence-electron chi connectivity index (χ1n) is 8.49. The van der Waals surface area contributed by atoms with E-state index in [0.717, 1.165) is 33.7 Å². The van der Waals surface area contributed by atoms with Crippen molar-refractivity contribution >= 4 is 35.1 Å². The van der Waals surface area contributed by atoms with Crippen LogP contribution in [0.4, 0.5) is 5.69 Å². The number of hydrogen-bond acceptors (Lipinski definition) is 6. The van der Waals surface area contributed by atoms with Gasteiger partial charge in [-0.25, -0.2) is 14.7 Å². The van der Waals surface area contributed by atoms with E-state index in [1.165, 1.54) is 13.8 Å². The second-order valence-electron chi connectivity index (χ2n) is 7.11. The Hall–Kier alpha value is -3.03. The van der Waals surface area contributed by atoms with Crippen molar-refractivity contribution in [1.29, 1.82) is 0 Å². The minimum Gasteiger partial charge on any atom is -0.464 e. The molecule has 1 aromatic rings. The molecule has 1 fully saturated rings. The highest BCUT2D eigenvalue weighted by Gasteiger charge is 2.68. The molecule has 8 heteroatoms. The van der Waals surface area contributed by atoms with Gasteiger partial charge in [-0.15, -0.1) is 0 Å². The summed E-state index contributed by atoms with van der Waals surface area (Å²) in [6, 6.07) is 3.74. The standard InChI is InChI=1S/C19H21N3O5/c1-9-7-10(2)15(11(3)8-9)21-16(24)13-14(17(25)27-6)20-22(12(4)23)19(13,5)18(21)26/h7-8,13H,1-6H3. The predicted molar refractivity (Wildman–Crippen MR) is 97.0 cm³/mol. The molecular formula is C19H21N3O5. The highest BCUT2D eigenvalue weighted by Crippen LogP contribution is 2.44. The van der Waals surface area contributed by atoms with Gasteiger partial charge >= 0.3 is 5.97 Å². The van der Waals surface area contributed by atoms with Gasteiger partial charge in [-0.3, -0.25) is 14.4 Å². The highest BCUT2D eigenvalue weighted by atomic mass is 16.5. The molecule has 8 nitrogen and oxygen atoms in total. The van der Waals surface area contributed by atoms with E-state index < -0.39 is 35.1 Å². The zero-order valence-corrected chi connectivity index (χ0v) is 16.1. The second kappa shape index (κ2) is 6.00. The molecule has 0 saturated carbocycles. The molecule has 2 unspecified atom stereocenters. The number of rotatable bonds is 2. The van der Waals surface area contributed by atoms with E-state index in [9.17, 15) is 19.2 Å². The minimum atomic E-state index is -1.60. The zero-order chi connectivity index (χ0) is 20.3. The molecule has 2 heterocycles. The first-order valence-corrected chi connectivity index (χ1v) is 8.49. The molecule has 3 rings (SSSR count). The molecule has 0 aromatic heterocycles. The fourth-order valence-electron chi connectivity index (χ4n) is 4.08. The number of carbonyl (C=O) groups excluding carboxylic acids is 4. The van der Waals surface area contributed by atoms with Crippen molar-refractivity contribution in [2.75, 3.05) is 12.0 Å². The summed E-state index contributed by atoms with van der Waals surface area (Å²) in [5.41, 5.74) is 1.14. The smallest absolute Gasteiger partial charge is 0.355 e. The molecule has 27 heavy (non-hydrogen) atoms. The number of amides is 3. The molecule has 1 saturated heterocycles. The highest BCUT2D eigenvalue weighted by molar-refractivity contribution is 6.47. The first kappa shape index (κ1) is 18.8. The monoisotopic (exact) mass is 371 g/mol. The van der Waals surface area contributed by atoms with Crippen molar-refractivity contribution in [1.82, 2.24) is 5.01 Å². The van der Waals surface area contributed by atoms with Gasteiger partial charge in [0.05, 0.1) is 12.8 Å². The Labute approximate surface area is 156 Å². The molecular weight excluding hydrogens is 350 g/mol. The Bertz CT molecular complexity index is 912. The van der Waals surface area contributed by atoms with Gasteiger partial charge < -0.3 is 4.74 Å². The van der Waals surface area contributed by atoms with Crippen LogP contribution < -0.4 is 4.90 Å². The summed E-state index contributed by atoms with van der Waals surface area (Å²) in [5.74, 6) is -3.77. The van der Waals surface area contributed by atoms with Crippen LogP contribution in [0.25, 0.3) is 0 Å². The lowest BCUT2D eigenvalue weighted by molar-refractivity contribution is -0.142. The van der Waals surface area contributed by atoms with Gasteiger partial charge in [-0.1, -0.05) is 17.7 Å². The first-order chi connectivity index (χ1) is 12.5. The number of hydrazone groups is 1. The number of benzene rings is 1. The maximum Gasteiger partial charge on any atom is 0.355 e. The fraction of sp³-hybridized carbons (Fsp3) is 0.421. The number of hydrogen-bond donors (Lipinski definition) is 0. The van der Waals surface area contributed by atoms with Crippen molar-refractivity contribution in [2.45, 2.75) is 40.2 Å². The third-order valence-electron chi connectivity index (χ3n) is 5.14. The zero-order valence-electron chi connectivity index (χ0n) is 16.1. The molecule has 0 aliphatic carbocycles. The SMILES string of the molecule is COC(=O)C1=NN(C(C)=O)C2(C)C(=O)N(c3c(C)cc(C)cc3C)C(=O)C12. The van der Waals surface area contributed by atoms with Crippen LogP contribution in [-0.4, -0.2) is 47.1 Å². The number of anilines is 1. The van der Waals surface area contributed by atoms with Crippen LogP contribution in [0.15, 0.2) is 17.2 Å². The molecule has 0 bridgehead atoms. The number of aryl methyl sites for hydroxylation is 3. The molecule has 142 valence electrons. The maximum atomic E-state index is 13.4. The summed E-state index contributed by atoms with van der Waals surface area (Å²) in [5, 5.41) is 4.88. The number of esters is 1. The normalized spacial score (nSPS) is 24.2. The summed E-state index contributed by atoms with van der Waals surface area (Å²) in [7, 11) is 1.16. The van der Waals surface area contributed by atoms with Crippen molar-refractivity contribution in [3.63, 3.8) is 0 Å². The van der Waals surface area contributed by atoms with E-state index in [1.54, 1.807) is 0 Å². The number of nitrogens with zero attached hydrogens (tertiary/aromatic N) is 3. The number of fused-ring (bicyclic) bond motifs is 1.